The molecule has 1 fully saturated rings. The number of nitrogens with zero attached hydrogens (tertiary/aromatic N) is 2. The molecule has 1 aliphatic heterocycles. The van der Waals surface area contributed by atoms with Crippen molar-refractivity contribution in [3.05, 3.63) is 29.1 Å². The van der Waals surface area contributed by atoms with Crippen LogP contribution in [-0.2, 0) is 4.74 Å². The molecule has 0 unspecified atom stereocenters. The maximum absolute atomic E-state index is 10.2. The minimum absolute atomic E-state index is 0.335. The number of aromatic nitrogens is 2. The van der Waals surface area contributed by atoms with Gasteiger partial charge >= 0.3 is 0 Å². The van der Waals surface area contributed by atoms with Crippen molar-refractivity contribution < 1.29 is 20.1 Å². The van der Waals surface area contributed by atoms with Gasteiger partial charge in [-0.2, -0.15) is 0 Å². The van der Waals surface area contributed by atoms with Gasteiger partial charge in [-0.15, -0.1) is 0 Å². The molecule has 2 heterocycles. The van der Waals surface area contributed by atoms with Crippen LogP contribution in [0.1, 0.15) is 23.2 Å². The van der Waals surface area contributed by atoms with Gasteiger partial charge in [-0.1, -0.05) is 0 Å². The highest BCUT2D eigenvalue weighted by molar-refractivity contribution is 5.78. The van der Waals surface area contributed by atoms with Crippen LogP contribution in [0, 0.1) is 20.8 Å². The van der Waals surface area contributed by atoms with Gasteiger partial charge in [0.1, 0.15) is 24.1 Å². The lowest BCUT2D eigenvalue weighted by atomic mass is 10.1. The summed E-state index contributed by atoms with van der Waals surface area (Å²) in [5.41, 5.74) is 3.95. The Balaban J connectivity index is 2.12. The normalized spacial score (nSPS) is 29.4. The average molecular weight is 292 g/mol. The zero-order chi connectivity index (χ0) is 15.3. The van der Waals surface area contributed by atoms with Crippen LogP contribution >= 0.6 is 0 Å². The number of rotatable bonds is 2. The average Bonchev–Trinajstić information content (AvgIpc) is 2.89. The smallest absolute Gasteiger partial charge is 0.164 e. The zero-order valence-corrected chi connectivity index (χ0v) is 12.3. The molecule has 1 saturated heterocycles. The first-order valence-corrected chi connectivity index (χ1v) is 7.02. The van der Waals surface area contributed by atoms with Gasteiger partial charge in [0.15, 0.2) is 6.23 Å². The van der Waals surface area contributed by atoms with Gasteiger partial charge < -0.3 is 20.1 Å². The molecule has 6 heteroatoms. The van der Waals surface area contributed by atoms with E-state index in [2.05, 4.69) is 4.98 Å². The summed E-state index contributed by atoms with van der Waals surface area (Å²) in [4.78, 5) is 4.50. The van der Waals surface area contributed by atoms with Crippen molar-refractivity contribution in [1.29, 1.82) is 0 Å². The number of fused-ring (bicyclic) bond motifs is 1. The summed E-state index contributed by atoms with van der Waals surface area (Å²) >= 11 is 0. The molecule has 21 heavy (non-hydrogen) atoms. The number of aryl methyl sites for hydroxylation is 3. The van der Waals surface area contributed by atoms with Crippen molar-refractivity contribution in [2.75, 3.05) is 6.61 Å². The van der Waals surface area contributed by atoms with Gasteiger partial charge in [0.05, 0.1) is 17.6 Å². The van der Waals surface area contributed by atoms with Crippen molar-refractivity contribution >= 4 is 11.0 Å². The van der Waals surface area contributed by atoms with E-state index < -0.39 is 24.5 Å². The molecule has 1 aromatic carbocycles. The van der Waals surface area contributed by atoms with Crippen LogP contribution in [0.2, 0.25) is 0 Å². The minimum atomic E-state index is -1.11. The van der Waals surface area contributed by atoms with Crippen LogP contribution in [0.5, 0.6) is 0 Å². The molecule has 114 valence electrons. The van der Waals surface area contributed by atoms with Crippen LogP contribution in [0.3, 0.4) is 0 Å². The van der Waals surface area contributed by atoms with Crippen LogP contribution in [0.15, 0.2) is 12.1 Å². The summed E-state index contributed by atoms with van der Waals surface area (Å²) in [6.07, 6.45) is -3.74. The molecule has 0 saturated carbocycles. The minimum Gasteiger partial charge on any atom is -0.394 e. The summed E-state index contributed by atoms with van der Waals surface area (Å²) in [5.74, 6) is 0.699. The van der Waals surface area contributed by atoms with E-state index in [9.17, 15) is 15.3 Å². The van der Waals surface area contributed by atoms with Crippen LogP contribution in [0.25, 0.3) is 11.0 Å². The number of imidazole rings is 1. The van der Waals surface area contributed by atoms with Crippen LogP contribution in [-0.4, -0.2) is 49.8 Å². The van der Waals surface area contributed by atoms with Gasteiger partial charge in [-0.05, 0) is 44.0 Å². The highest BCUT2D eigenvalue weighted by atomic mass is 16.6. The Morgan fingerprint density at radius 3 is 2.43 bits per heavy atom. The van der Waals surface area contributed by atoms with Crippen molar-refractivity contribution in [1.82, 2.24) is 9.55 Å². The maximum atomic E-state index is 10.2. The fourth-order valence-corrected chi connectivity index (χ4v) is 2.89. The van der Waals surface area contributed by atoms with E-state index in [0.717, 1.165) is 22.2 Å². The number of benzene rings is 1. The predicted molar refractivity (Wildman–Crippen MR) is 77.0 cm³/mol. The Bertz CT molecular complexity index is 682. The third-order valence-corrected chi connectivity index (χ3v) is 4.25. The first-order valence-electron chi connectivity index (χ1n) is 7.02. The lowest BCUT2D eigenvalue weighted by Gasteiger charge is -2.19. The molecule has 1 aromatic heterocycles. The fraction of sp³-hybridized carbons (Fsp3) is 0.533. The summed E-state index contributed by atoms with van der Waals surface area (Å²) in [6, 6.07) is 3.99. The third kappa shape index (κ3) is 2.15. The molecule has 3 N–H and O–H groups in total. The van der Waals surface area contributed by atoms with E-state index in [4.69, 9.17) is 4.74 Å². The summed E-state index contributed by atoms with van der Waals surface area (Å²) in [5, 5.41) is 29.3. The zero-order valence-electron chi connectivity index (χ0n) is 12.3. The molecule has 1 aliphatic rings. The SMILES string of the molecule is Cc1cc2nc(C)n([C@@H]3O[C@H](CO)[C@@H](O)[C@H]3O)c2cc1C. The van der Waals surface area contributed by atoms with E-state index in [0.29, 0.717) is 5.82 Å². The monoisotopic (exact) mass is 292 g/mol. The summed E-state index contributed by atoms with van der Waals surface area (Å²) in [6.45, 7) is 5.53. The molecular formula is C15H20N2O4. The van der Waals surface area contributed by atoms with E-state index in [1.807, 2.05) is 32.9 Å². The quantitative estimate of drug-likeness (QED) is 0.753. The second kappa shape index (κ2) is 5.06. The molecule has 0 aliphatic carbocycles. The predicted octanol–water partition coefficient (Wildman–Crippen LogP) is 0.573. The lowest BCUT2D eigenvalue weighted by Crippen LogP contribution is -2.33. The largest absolute Gasteiger partial charge is 0.394 e. The summed E-state index contributed by atoms with van der Waals surface area (Å²) in [7, 11) is 0. The topological polar surface area (TPSA) is 87.7 Å². The number of hydrogen-bond acceptors (Lipinski definition) is 5. The molecule has 4 atom stereocenters. The summed E-state index contributed by atoms with van der Waals surface area (Å²) < 4.78 is 7.39. The number of aliphatic hydroxyl groups excluding tert-OH is 3. The second-order valence-electron chi connectivity index (χ2n) is 5.68. The first kappa shape index (κ1) is 14.5. The second-order valence-corrected chi connectivity index (χ2v) is 5.68. The highest BCUT2D eigenvalue weighted by Gasteiger charge is 2.44. The molecule has 0 bridgehead atoms. The lowest BCUT2D eigenvalue weighted by molar-refractivity contribution is -0.0517. The van der Waals surface area contributed by atoms with E-state index in [-0.39, 0.29) is 6.61 Å². The van der Waals surface area contributed by atoms with Gasteiger partial charge in [-0.25, -0.2) is 4.98 Å². The highest BCUT2D eigenvalue weighted by Crippen LogP contribution is 2.33. The van der Waals surface area contributed by atoms with Crippen LogP contribution < -0.4 is 0 Å². The fourth-order valence-electron chi connectivity index (χ4n) is 2.89. The standard InChI is InChI=1S/C15H20N2O4/c1-7-4-10-11(5-8(7)2)17(9(3)16-10)15-14(20)13(19)12(6-18)21-15/h4-5,12-15,18-20H,6H2,1-3H3/t12-,13-,14-,15-/m1/s1. The Kier molecular flexibility index (Phi) is 3.49. The molecule has 0 amide bonds. The van der Waals surface area contributed by atoms with Gasteiger partial charge in [0, 0.05) is 0 Å². The molecule has 0 spiro atoms. The van der Waals surface area contributed by atoms with Crippen molar-refractivity contribution in [3.8, 4) is 0 Å². The van der Waals surface area contributed by atoms with Gasteiger partial charge in [0.2, 0.25) is 0 Å². The molecule has 0 radical (unpaired) electrons. The van der Waals surface area contributed by atoms with E-state index in [1.54, 1.807) is 4.57 Å². The van der Waals surface area contributed by atoms with Crippen LogP contribution in [0.4, 0.5) is 0 Å². The Morgan fingerprint density at radius 2 is 1.81 bits per heavy atom. The van der Waals surface area contributed by atoms with Crippen molar-refractivity contribution in [2.24, 2.45) is 0 Å². The third-order valence-electron chi connectivity index (χ3n) is 4.25. The Morgan fingerprint density at radius 1 is 1.14 bits per heavy atom. The Hall–Kier alpha value is -1.47. The number of ether oxygens (including phenoxy) is 1. The number of hydrogen-bond donors (Lipinski definition) is 3. The maximum Gasteiger partial charge on any atom is 0.164 e. The Labute approximate surface area is 122 Å². The molecule has 3 rings (SSSR count). The molecule has 6 nitrogen and oxygen atoms in total. The number of aliphatic hydroxyl groups is 3. The van der Waals surface area contributed by atoms with Crippen molar-refractivity contribution in [2.45, 2.75) is 45.3 Å². The van der Waals surface area contributed by atoms with E-state index in [1.165, 1.54) is 0 Å². The molecular weight excluding hydrogens is 272 g/mol. The molecule has 2 aromatic rings. The van der Waals surface area contributed by atoms with Crippen molar-refractivity contribution in [3.63, 3.8) is 0 Å². The van der Waals surface area contributed by atoms with E-state index >= 15 is 0 Å². The van der Waals surface area contributed by atoms with Gasteiger partial charge in [0.25, 0.3) is 0 Å². The van der Waals surface area contributed by atoms with Gasteiger partial charge in [-0.3, -0.25) is 4.57 Å². The first-order chi connectivity index (χ1) is 9.93.